The van der Waals surface area contributed by atoms with Crippen LogP contribution in [0.2, 0.25) is 0 Å². The first kappa shape index (κ1) is 16.3. The lowest BCUT2D eigenvalue weighted by Crippen LogP contribution is -2.33. The molecule has 2 aromatic rings. The van der Waals surface area contributed by atoms with Crippen molar-refractivity contribution in [2.45, 2.75) is 19.0 Å². The van der Waals surface area contributed by atoms with Gasteiger partial charge in [0.1, 0.15) is 5.56 Å². The summed E-state index contributed by atoms with van der Waals surface area (Å²) in [4.78, 5) is 26.1. The maximum Gasteiger partial charge on any atom is 0.331 e. The summed E-state index contributed by atoms with van der Waals surface area (Å²) in [6.45, 7) is 3.63. The van der Waals surface area contributed by atoms with Crippen molar-refractivity contribution >= 4 is 21.6 Å². The van der Waals surface area contributed by atoms with Gasteiger partial charge in [-0.1, -0.05) is 34.1 Å². The summed E-state index contributed by atoms with van der Waals surface area (Å²) in [5.41, 5.74) is 3.03. The fraction of sp³-hybridized carbons (Fsp3) is 0.188. The average molecular weight is 391 g/mol. The van der Waals surface area contributed by atoms with Gasteiger partial charge in [0, 0.05) is 17.4 Å². The summed E-state index contributed by atoms with van der Waals surface area (Å²) < 4.78 is 2.01. The second kappa shape index (κ2) is 6.48. The van der Waals surface area contributed by atoms with E-state index in [9.17, 15) is 14.7 Å². The molecule has 1 aliphatic heterocycles. The van der Waals surface area contributed by atoms with Crippen LogP contribution in [0.15, 0.2) is 56.1 Å². The first-order chi connectivity index (χ1) is 11.5. The third kappa shape index (κ3) is 2.92. The molecule has 3 N–H and O–H groups in total. The van der Waals surface area contributed by atoms with E-state index in [1.165, 1.54) is 6.08 Å². The number of H-pyrrole nitrogens is 1. The number of hydrogen-bond acceptors (Lipinski definition) is 5. The van der Waals surface area contributed by atoms with Gasteiger partial charge in [0.2, 0.25) is 5.88 Å². The minimum atomic E-state index is -0.683. The van der Waals surface area contributed by atoms with Crippen LogP contribution in [0, 0.1) is 0 Å². The van der Waals surface area contributed by atoms with Crippen LogP contribution in [-0.2, 0) is 6.54 Å². The monoisotopic (exact) mass is 390 g/mol. The number of aromatic nitrogens is 2. The predicted molar refractivity (Wildman–Crippen MR) is 94.4 cm³/mol. The van der Waals surface area contributed by atoms with E-state index in [2.05, 4.69) is 38.0 Å². The normalized spacial score (nSPS) is 16.5. The SMILES string of the molecule is C=CCn1c(O)c(C2=NN[C@H](c3ccc(Br)cc3)C2)c(=O)[nH]c1=O. The van der Waals surface area contributed by atoms with Crippen LogP contribution in [0.5, 0.6) is 5.88 Å². The fourth-order valence-corrected chi connectivity index (χ4v) is 2.87. The van der Waals surface area contributed by atoms with Gasteiger partial charge in [-0.3, -0.25) is 14.3 Å². The van der Waals surface area contributed by atoms with E-state index in [-0.39, 0.29) is 18.2 Å². The van der Waals surface area contributed by atoms with Crippen molar-refractivity contribution in [3.8, 4) is 5.88 Å². The summed E-state index contributed by atoms with van der Waals surface area (Å²) in [5, 5.41) is 14.5. The van der Waals surface area contributed by atoms with E-state index in [0.29, 0.717) is 12.1 Å². The number of rotatable bonds is 4. The fourth-order valence-electron chi connectivity index (χ4n) is 2.60. The lowest BCUT2D eigenvalue weighted by atomic mass is 10.0. The molecule has 7 nitrogen and oxygen atoms in total. The molecule has 1 aliphatic rings. The van der Waals surface area contributed by atoms with Gasteiger partial charge in [0.25, 0.3) is 5.56 Å². The van der Waals surface area contributed by atoms with Gasteiger partial charge in [-0.25, -0.2) is 4.79 Å². The summed E-state index contributed by atoms with van der Waals surface area (Å²) in [7, 11) is 0. The van der Waals surface area contributed by atoms with Crippen molar-refractivity contribution in [2.24, 2.45) is 5.10 Å². The zero-order valence-electron chi connectivity index (χ0n) is 12.6. The number of aromatic hydroxyl groups is 1. The highest BCUT2D eigenvalue weighted by atomic mass is 79.9. The van der Waals surface area contributed by atoms with Crippen LogP contribution >= 0.6 is 15.9 Å². The Kier molecular flexibility index (Phi) is 4.39. The minimum Gasteiger partial charge on any atom is -0.494 e. The Bertz CT molecular complexity index is 928. The van der Waals surface area contributed by atoms with Crippen LogP contribution in [0.25, 0.3) is 0 Å². The van der Waals surface area contributed by atoms with Gasteiger partial charge in [0.15, 0.2) is 0 Å². The Hall–Kier alpha value is -2.61. The van der Waals surface area contributed by atoms with Gasteiger partial charge in [-0.2, -0.15) is 5.10 Å². The molecule has 0 aliphatic carbocycles. The largest absolute Gasteiger partial charge is 0.494 e. The van der Waals surface area contributed by atoms with Crippen LogP contribution in [0.1, 0.15) is 23.6 Å². The summed E-state index contributed by atoms with van der Waals surface area (Å²) in [6.07, 6.45) is 1.88. The molecule has 0 bridgehead atoms. The lowest BCUT2D eigenvalue weighted by Gasteiger charge is -2.11. The second-order valence-corrected chi connectivity index (χ2v) is 6.27. The molecule has 24 heavy (non-hydrogen) atoms. The van der Waals surface area contributed by atoms with Crippen molar-refractivity contribution in [2.75, 3.05) is 0 Å². The molecule has 0 saturated heterocycles. The molecule has 124 valence electrons. The highest BCUT2D eigenvalue weighted by molar-refractivity contribution is 9.10. The average Bonchev–Trinajstić information content (AvgIpc) is 3.01. The van der Waals surface area contributed by atoms with E-state index in [1.54, 1.807) is 0 Å². The molecule has 0 unspecified atom stereocenters. The smallest absolute Gasteiger partial charge is 0.331 e. The summed E-state index contributed by atoms with van der Waals surface area (Å²) in [5.74, 6) is -0.402. The van der Waals surface area contributed by atoms with E-state index in [1.807, 2.05) is 24.3 Å². The zero-order chi connectivity index (χ0) is 17.3. The molecule has 0 saturated carbocycles. The van der Waals surface area contributed by atoms with E-state index in [4.69, 9.17) is 0 Å². The maximum atomic E-state index is 12.1. The number of aromatic amines is 1. The van der Waals surface area contributed by atoms with Gasteiger partial charge in [0.05, 0.1) is 11.8 Å². The number of allylic oxidation sites excluding steroid dienone is 1. The second-order valence-electron chi connectivity index (χ2n) is 5.35. The van der Waals surface area contributed by atoms with Gasteiger partial charge in [-0.05, 0) is 17.7 Å². The molecular weight excluding hydrogens is 376 g/mol. The third-order valence-corrected chi connectivity index (χ3v) is 4.33. The number of halogens is 1. The molecule has 2 heterocycles. The number of hydrazone groups is 1. The van der Waals surface area contributed by atoms with E-state index in [0.717, 1.165) is 14.6 Å². The highest BCUT2D eigenvalue weighted by Gasteiger charge is 2.27. The molecule has 0 amide bonds. The quantitative estimate of drug-likeness (QED) is 0.690. The first-order valence-corrected chi connectivity index (χ1v) is 8.05. The van der Waals surface area contributed by atoms with Gasteiger partial charge >= 0.3 is 5.69 Å². The Labute approximate surface area is 145 Å². The third-order valence-electron chi connectivity index (χ3n) is 3.80. The molecule has 3 rings (SSSR count). The minimum absolute atomic E-state index is 0.00330. The Morgan fingerprint density at radius 3 is 2.75 bits per heavy atom. The molecule has 0 fully saturated rings. The Morgan fingerprint density at radius 2 is 2.08 bits per heavy atom. The molecular formula is C16H15BrN4O3. The lowest BCUT2D eigenvalue weighted by molar-refractivity contribution is 0.409. The van der Waals surface area contributed by atoms with Crippen LogP contribution in [0.4, 0.5) is 0 Å². The zero-order valence-corrected chi connectivity index (χ0v) is 14.2. The van der Waals surface area contributed by atoms with Crippen molar-refractivity contribution in [3.05, 3.63) is 73.4 Å². The van der Waals surface area contributed by atoms with Crippen molar-refractivity contribution in [3.63, 3.8) is 0 Å². The van der Waals surface area contributed by atoms with Crippen molar-refractivity contribution < 1.29 is 5.11 Å². The first-order valence-electron chi connectivity index (χ1n) is 7.26. The van der Waals surface area contributed by atoms with Gasteiger partial charge in [-0.15, -0.1) is 6.58 Å². The molecule has 1 atom stereocenters. The number of nitrogens with zero attached hydrogens (tertiary/aromatic N) is 2. The number of benzene rings is 1. The molecule has 1 aromatic carbocycles. The molecule has 8 heteroatoms. The maximum absolute atomic E-state index is 12.1. The van der Waals surface area contributed by atoms with Crippen molar-refractivity contribution in [1.29, 1.82) is 0 Å². The Morgan fingerprint density at radius 1 is 1.38 bits per heavy atom. The number of hydrogen-bond donors (Lipinski definition) is 3. The van der Waals surface area contributed by atoms with Crippen LogP contribution < -0.4 is 16.7 Å². The number of nitrogens with one attached hydrogen (secondary N) is 2. The van der Waals surface area contributed by atoms with E-state index >= 15 is 0 Å². The highest BCUT2D eigenvalue weighted by Crippen LogP contribution is 2.26. The van der Waals surface area contributed by atoms with Crippen LogP contribution in [-0.4, -0.2) is 20.4 Å². The van der Waals surface area contributed by atoms with E-state index < -0.39 is 17.1 Å². The molecule has 1 aromatic heterocycles. The van der Waals surface area contributed by atoms with Crippen LogP contribution in [0.3, 0.4) is 0 Å². The summed E-state index contributed by atoms with van der Waals surface area (Å²) >= 11 is 3.38. The Balaban J connectivity index is 1.95. The van der Waals surface area contributed by atoms with Gasteiger partial charge < -0.3 is 10.5 Å². The van der Waals surface area contributed by atoms with Crippen molar-refractivity contribution in [1.82, 2.24) is 15.0 Å². The topological polar surface area (TPSA) is 99.5 Å². The summed E-state index contributed by atoms with van der Waals surface area (Å²) in [6, 6.07) is 7.63. The standard InChI is InChI=1S/C16H15BrN4O3/c1-2-7-21-15(23)13(14(22)18-16(21)24)12-8-11(19-20-12)9-3-5-10(17)6-4-9/h2-6,11,19,23H,1,7-8H2,(H,18,22,24)/t11-/m0/s1. The molecule has 0 spiro atoms. The predicted octanol–water partition coefficient (Wildman–Crippen LogP) is 1.63. The molecule has 0 radical (unpaired) electrons.